The van der Waals surface area contributed by atoms with Gasteiger partial charge in [0.15, 0.2) is 0 Å². The van der Waals surface area contributed by atoms with Crippen molar-refractivity contribution in [1.82, 2.24) is 4.98 Å². The standard InChI is InChI=1S/C8H9F2NO/c1-5-6(8(9)10)3-4-7(11-5)12-2/h3-4,8H,1-2H3. The molecule has 0 saturated carbocycles. The van der Waals surface area contributed by atoms with Crippen molar-refractivity contribution in [1.29, 1.82) is 0 Å². The molecule has 0 unspecified atom stereocenters. The van der Waals surface area contributed by atoms with Gasteiger partial charge in [0.05, 0.1) is 12.8 Å². The van der Waals surface area contributed by atoms with E-state index in [4.69, 9.17) is 4.74 Å². The first kappa shape index (κ1) is 8.90. The smallest absolute Gasteiger partial charge is 0.265 e. The quantitative estimate of drug-likeness (QED) is 0.684. The highest BCUT2D eigenvalue weighted by Crippen LogP contribution is 2.22. The van der Waals surface area contributed by atoms with E-state index in [-0.39, 0.29) is 5.56 Å². The van der Waals surface area contributed by atoms with Crippen LogP contribution in [0.1, 0.15) is 17.7 Å². The fourth-order valence-corrected chi connectivity index (χ4v) is 0.893. The maximum atomic E-state index is 12.2. The molecule has 66 valence electrons. The molecule has 0 aliphatic carbocycles. The zero-order chi connectivity index (χ0) is 9.14. The van der Waals surface area contributed by atoms with Crippen molar-refractivity contribution in [3.8, 4) is 5.88 Å². The van der Waals surface area contributed by atoms with Gasteiger partial charge < -0.3 is 4.74 Å². The maximum absolute atomic E-state index is 12.2. The number of aromatic nitrogens is 1. The molecule has 1 aromatic rings. The molecule has 1 aromatic heterocycles. The Morgan fingerprint density at radius 2 is 2.08 bits per heavy atom. The maximum Gasteiger partial charge on any atom is 0.265 e. The van der Waals surface area contributed by atoms with Crippen LogP contribution in [0.4, 0.5) is 8.78 Å². The van der Waals surface area contributed by atoms with Gasteiger partial charge in [0.25, 0.3) is 6.43 Å². The number of halogens is 2. The molecule has 1 rings (SSSR count). The lowest BCUT2D eigenvalue weighted by Crippen LogP contribution is -1.95. The third-order valence-electron chi connectivity index (χ3n) is 1.55. The Balaban J connectivity index is 3.03. The fraction of sp³-hybridized carbons (Fsp3) is 0.375. The first-order valence-electron chi connectivity index (χ1n) is 3.45. The van der Waals surface area contributed by atoms with Crippen LogP contribution in [0, 0.1) is 6.92 Å². The molecule has 0 aliphatic heterocycles. The third kappa shape index (κ3) is 1.69. The molecule has 0 aliphatic rings. The summed E-state index contributed by atoms with van der Waals surface area (Å²) < 4.78 is 29.1. The second-order valence-electron chi connectivity index (χ2n) is 2.33. The number of methoxy groups -OCH3 is 1. The number of aryl methyl sites for hydroxylation is 1. The Morgan fingerprint density at radius 1 is 1.42 bits per heavy atom. The highest BCUT2D eigenvalue weighted by Gasteiger charge is 2.11. The predicted molar refractivity (Wildman–Crippen MR) is 40.5 cm³/mol. The molecule has 0 fully saturated rings. The molecule has 0 radical (unpaired) electrons. The van der Waals surface area contributed by atoms with Crippen LogP contribution in [0.2, 0.25) is 0 Å². The monoisotopic (exact) mass is 173 g/mol. The van der Waals surface area contributed by atoms with Gasteiger partial charge in [0, 0.05) is 11.6 Å². The lowest BCUT2D eigenvalue weighted by molar-refractivity contribution is 0.150. The number of hydrogen-bond donors (Lipinski definition) is 0. The molecule has 0 spiro atoms. The summed E-state index contributed by atoms with van der Waals surface area (Å²) in [6.45, 7) is 1.53. The van der Waals surface area contributed by atoms with Crippen molar-refractivity contribution in [2.45, 2.75) is 13.3 Å². The van der Waals surface area contributed by atoms with E-state index in [0.717, 1.165) is 0 Å². The van der Waals surface area contributed by atoms with E-state index < -0.39 is 6.43 Å². The van der Waals surface area contributed by atoms with Gasteiger partial charge in [-0.25, -0.2) is 13.8 Å². The molecular formula is C8H9F2NO. The second kappa shape index (κ2) is 3.47. The Labute approximate surface area is 69.2 Å². The molecule has 0 aromatic carbocycles. The third-order valence-corrected chi connectivity index (χ3v) is 1.55. The zero-order valence-corrected chi connectivity index (χ0v) is 6.84. The van der Waals surface area contributed by atoms with E-state index in [9.17, 15) is 8.78 Å². The molecule has 0 saturated heterocycles. The molecule has 1 heterocycles. The lowest BCUT2D eigenvalue weighted by Gasteiger charge is -2.04. The summed E-state index contributed by atoms with van der Waals surface area (Å²) in [6.07, 6.45) is -2.47. The summed E-state index contributed by atoms with van der Waals surface area (Å²) in [5.74, 6) is 0.358. The van der Waals surface area contributed by atoms with Gasteiger partial charge in [0.1, 0.15) is 0 Å². The van der Waals surface area contributed by atoms with Crippen molar-refractivity contribution >= 4 is 0 Å². The Morgan fingerprint density at radius 3 is 2.50 bits per heavy atom. The Hall–Kier alpha value is -1.19. The van der Waals surface area contributed by atoms with Gasteiger partial charge in [0.2, 0.25) is 5.88 Å². The Bertz CT molecular complexity index is 276. The van der Waals surface area contributed by atoms with Crippen LogP contribution in [-0.2, 0) is 0 Å². The fourth-order valence-electron chi connectivity index (χ4n) is 0.893. The van der Waals surface area contributed by atoms with Crippen molar-refractivity contribution in [2.75, 3.05) is 7.11 Å². The minimum atomic E-state index is -2.47. The summed E-state index contributed by atoms with van der Waals surface area (Å²) in [7, 11) is 1.45. The van der Waals surface area contributed by atoms with Crippen molar-refractivity contribution < 1.29 is 13.5 Å². The molecule has 0 amide bonds. The van der Waals surface area contributed by atoms with Crippen molar-refractivity contribution in [3.63, 3.8) is 0 Å². The summed E-state index contributed by atoms with van der Waals surface area (Å²) in [5.41, 5.74) is 0.264. The van der Waals surface area contributed by atoms with Crippen molar-refractivity contribution in [2.24, 2.45) is 0 Å². The van der Waals surface area contributed by atoms with Gasteiger partial charge in [-0.05, 0) is 13.0 Å². The van der Waals surface area contributed by atoms with Crippen LogP contribution in [0.3, 0.4) is 0 Å². The summed E-state index contributed by atoms with van der Waals surface area (Å²) >= 11 is 0. The van der Waals surface area contributed by atoms with E-state index in [2.05, 4.69) is 4.98 Å². The number of nitrogens with zero attached hydrogens (tertiary/aromatic N) is 1. The van der Waals surface area contributed by atoms with Gasteiger partial charge in [-0.3, -0.25) is 0 Å². The molecule has 2 nitrogen and oxygen atoms in total. The number of ether oxygens (including phenoxy) is 1. The van der Waals surface area contributed by atoms with E-state index in [0.29, 0.717) is 11.6 Å². The normalized spacial score (nSPS) is 10.4. The highest BCUT2D eigenvalue weighted by atomic mass is 19.3. The number of rotatable bonds is 2. The van der Waals surface area contributed by atoms with Gasteiger partial charge in [-0.2, -0.15) is 0 Å². The molecular weight excluding hydrogens is 164 g/mol. The minimum Gasteiger partial charge on any atom is -0.481 e. The van der Waals surface area contributed by atoms with E-state index in [1.54, 1.807) is 0 Å². The Kier molecular flexibility index (Phi) is 2.58. The summed E-state index contributed by atoms with van der Waals surface area (Å²) in [4.78, 5) is 3.81. The topological polar surface area (TPSA) is 22.1 Å². The molecule has 0 N–H and O–H groups in total. The SMILES string of the molecule is COc1ccc(C(F)F)c(C)n1. The van der Waals surface area contributed by atoms with Crippen LogP contribution in [0.15, 0.2) is 12.1 Å². The highest BCUT2D eigenvalue weighted by molar-refractivity contribution is 5.25. The lowest BCUT2D eigenvalue weighted by atomic mass is 10.2. The minimum absolute atomic E-state index is 0.0456. The second-order valence-corrected chi connectivity index (χ2v) is 2.33. The summed E-state index contributed by atoms with van der Waals surface area (Å²) in [5, 5.41) is 0. The largest absolute Gasteiger partial charge is 0.481 e. The average molecular weight is 173 g/mol. The van der Waals surface area contributed by atoms with Gasteiger partial charge >= 0.3 is 0 Å². The average Bonchev–Trinajstić information content (AvgIpc) is 2.03. The zero-order valence-electron chi connectivity index (χ0n) is 6.84. The van der Waals surface area contributed by atoms with Crippen LogP contribution >= 0.6 is 0 Å². The van der Waals surface area contributed by atoms with E-state index >= 15 is 0 Å². The molecule has 0 atom stereocenters. The number of alkyl halides is 2. The first-order valence-corrected chi connectivity index (χ1v) is 3.45. The number of hydrogen-bond acceptors (Lipinski definition) is 2. The van der Waals surface area contributed by atoms with Crippen LogP contribution < -0.4 is 4.74 Å². The van der Waals surface area contributed by atoms with Gasteiger partial charge in [-0.1, -0.05) is 0 Å². The first-order chi connectivity index (χ1) is 5.65. The number of pyridine rings is 1. The van der Waals surface area contributed by atoms with E-state index in [1.807, 2.05) is 0 Å². The summed E-state index contributed by atoms with van der Waals surface area (Å²) in [6, 6.07) is 2.75. The predicted octanol–water partition coefficient (Wildman–Crippen LogP) is 2.34. The molecule has 12 heavy (non-hydrogen) atoms. The van der Waals surface area contributed by atoms with Crippen LogP contribution in [-0.4, -0.2) is 12.1 Å². The van der Waals surface area contributed by atoms with Crippen LogP contribution in [0.25, 0.3) is 0 Å². The van der Waals surface area contributed by atoms with E-state index in [1.165, 1.54) is 26.2 Å². The van der Waals surface area contributed by atoms with Crippen LogP contribution in [0.5, 0.6) is 5.88 Å². The van der Waals surface area contributed by atoms with Crippen molar-refractivity contribution in [3.05, 3.63) is 23.4 Å². The van der Waals surface area contributed by atoms with Gasteiger partial charge in [-0.15, -0.1) is 0 Å². The molecule has 0 bridgehead atoms. The molecule has 4 heteroatoms.